The number of sulfonamides is 1. The molecule has 1 heterocycles. The van der Waals surface area contributed by atoms with Gasteiger partial charge in [-0.05, 0) is 61.2 Å². The van der Waals surface area contributed by atoms with Gasteiger partial charge < -0.3 is 5.32 Å². The molecule has 0 unspecified atom stereocenters. The average molecular weight is 441 g/mol. The van der Waals surface area contributed by atoms with Gasteiger partial charge in [-0.25, -0.2) is 8.42 Å². The molecular weight excluding hydrogens is 419 g/mol. The molecule has 1 aliphatic rings. The van der Waals surface area contributed by atoms with Crippen molar-refractivity contribution < 1.29 is 13.2 Å². The van der Waals surface area contributed by atoms with Gasteiger partial charge in [-0.3, -0.25) is 4.79 Å². The summed E-state index contributed by atoms with van der Waals surface area (Å²) in [5.41, 5.74) is 0.998. The number of nitrogens with one attached hydrogen (secondary N) is 1. The Morgan fingerprint density at radius 1 is 1.11 bits per heavy atom. The fourth-order valence-corrected chi connectivity index (χ4v) is 4.92. The molecule has 0 radical (unpaired) electrons. The molecule has 2 aromatic carbocycles. The van der Waals surface area contributed by atoms with E-state index >= 15 is 0 Å². The number of benzene rings is 2. The molecule has 8 heteroatoms. The van der Waals surface area contributed by atoms with Crippen molar-refractivity contribution in [1.29, 1.82) is 0 Å². The van der Waals surface area contributed by atoms with Crippen molar-refractivity contribution in [2.45, 2.75) is 24.7 Å². The number of anilines is 1. The first kappa shape index (κ1) is 21.1. The number of carbonyl (C=O) groups excluding carboxylic acids is 1. The number of rotatable bonds is 6. The third kappa shape index (κ3) is 4.87. The van der Waals surface area contributed by atoms with E-state index in [4.69, 9.17) is 23.2 Å². The van der Waals surface area contributed by atoms with Crippen LogP contribution >= 0.6 is 23.2 Å². The van der Waals surface area contributed by atoms with Crippen LogP contribution in [0.4, 0.5) is 5.69 Å². The number of carbonyl (C=O) groups is 1. The zero-order valence-electron chi connectivity index (χ0n) is 15.5. The Morgan fingerprint density at radius 3 is 2.39 bits per heavy atom. The lowest BCUT2D eigenvalue weighted by Gasteiger charge is -2.29. The van der Waals surface area contributed by atoms with Crippen LogP contribution in [0.25, 0.3) is 0 Å². The maximum Gasteiger partial charge on any atom is 0.243 e. The van der Waals surface area contributed by atoms with Crippen LogP contribution in [0.3, 0.4) is 0 Å². The van der Waals surface area contributed by atoms with E-state index in [2.05, 4.69) is 12.2 Å². The van der Waals surface area contributed by atoms with E-state index in [0.717, 1.165) is 12.8 Å². The average Bonchev–Trinajstić information content (AvgIpc) is 2.69. The Bertz CT molecular complexity index is 954. The summed E-state index contributed by atoms with van der Waals surface area (Å²) < 4.78 is 27.0. The lowest BCUT2D eigenvalue weighted by molar-refractivity contribution is 0.101. The largest absolute Gasteiger partial charge is 0.376 e. The molecule has 0 aromatic heterocycles. The van der Waals surface area contributed by atoms with Crippen LogP contribution in [-0.2, 0) is 10.0 Å². The van der Waals surface area contributed by atoms with Crippen molar-refractivity contribution in [2.24, 2.45) is 5.92 Å². The molecule has 5 nitrogen and oxygen atoms in total. The number of piperidine rings is 1. The Kier molecular flexibility index (Phi) is 6.65. The van der Waals surface area contributed by atoms with Crippen molar-refractivity contribution >= 4 is 44.7 Å². The Balaban J connectivity index is 1.66. The minimum atomic E-state index is -3.52. The zero-order chi connectivity index (χ0) is 20.3. The van der Waals surface area contributed by atoms with E-state index < -0.39 is 10.0 Å². The van der Waals surface area contributed by atoms with E-state index in [1.54, 1.807) is 30.3 Å². The van der Waals surface area contributed by atoms with E-state index in [1.807, 2.05) is 0 Å². The number of hydrogen-bond acceptors (Lipinski definition) is 4. The zero-order valence-corrected chi connectivity index (χ0v) is 17.8. The molecule has 0 atom stereocenters. The molecule has 0 saturated carbocycles. The van der Waals surface area contributed by atoms with E-state index in [9.17, 15) is 13.2 Å². The number of Topliss-reactive ketones (excluding diaryl/α,β-unsaturated/α-hetero) is 1. The van der Waals surface area contributed by atoms with Gasteiger partial charge in [0.2, 0.25) is 10.0 Å². The second kappa shape index (κ2) is 8.82. The van der Waals surface area contributed by atoms with Gasteiger partial charge in [0.1, 0.15) is 0 Å². The quantitative estimate of drug-likeness (QED) is 0.660. The molecule has 150 valence electrons. The van der Waals surface area contributed by atoms with Gasteiger partial charge in [0.15, 0.2) is 5.78 Å². The molecule has 2 aromatic rings. The van der Waals surface area contributed by atoms with Gasteiger partial charge in [-0.1, -0.05) is 30.1 Å². The normalized spacial score (nSPS) is 16.1. The lowest BCUT2D eigenvalue weighted by atomic mass is 10.0. The Morgan fingerprint density at radius 2 is 1.75 bits per heavy atom. The van der Waals surface area contributed by atoms with Crippen molar-refractivity contribution in [3.05, 3.63) is 58.1 Å². The standard InChI is InChI=1S/C20H22Cl2N2O3S/c1-14-8-10-24(11-9-14)28(26,27)17-5-2-15(3-6-17)20(25)13-23-19-12-16(21)4-7-18(19)22/h2-7,12,14,23H,8-11,13H2,1H3. The molecule has 0 bridgehead atoms. The molecule has 1 aliphatic heterocycles. The second-order valence-electron chi connectivity index (χ2n) is 7.01. The van der Waals surface area contributed by atoms with Gasteiger partial charge in [-0.2, -0.15) is 4.31 Å². The minimum absolute atomic E-state index is 0.0240. The summed E-state index contributed by atoms with van der Waals surface area (Å²) in [5, 5.41) is 3.94. The molecular formula is C20H22Cl2N2O3S. The van der Waals surface area contributed by atoms with Crippen molar-refractivity contribution in [1.82, 2.24) is 4.31 Å². The molecule has 3 rings (SSSR count). The first-order valence-electron chi connectivity index (χ1n) is 9.09. The SMILES string of the molecule is CC1CCN(S(=O)(=O)c2ccc(C(=O)CNc3cc(Cl)ccc3Cl)cc2)CC1. The van der Waals surface area contributed by atoms with Crippen LogP contribution in [0.2, 0.25) is 10.0 Å². The summed E-state index contributed by atoms with van der Waals surface area (Å²) in [5.74, 6) is 0.374. The minimum Gasteiger partial charge on any atom is -0.376 e. The maximum absolute atomic E-state index is 12.8. The highest BCUT2D eigenvalue weighted by Gasteiger charge is 2.28. The van der Waals surface area contributed by atoms with Crippen LogP contribution in [0.15, 0.2) is 47.4 Å². The first-order chi connectivity index (χ1) is 13.3. The number of nitrogens with zero attached hydrogens (tertiary/aromatic N) is 1. The van der Waals surface area contributed by atoms with Crippen LogP contribution in [-0.4, -0.2) is 38.1 Å². The van der Waals surface area contributed by atoms with Crippen molar-refractivity contribution in [3.63, 3.8) is 0 Å². The summed E-state index contributed by atoms with van der Waals surface area (Å²) in [6.45, 7) is 3.23. The number of ketones is 1. The highest BCUT2D eigenvalue weighted by molar-refractivity contribution is 7.89. The molecule has 1 N–H and O–H groups in total. The maximum atomic E-state index is 12.8. The highest BCUT2D eigenvalue weighted by Crippen LogP contribution is 2.26. The third-order valence-corrected chi connectivity index (χ3v) is 7.40. The van der Waals surface area contributed by atoms with Gasteiger partial charge in [0, 0.05) is 23.7 Å². The predicted octanol–water partition coefficient (Wildman–Crippen LogP) is 4.71. The van der Waals surface area contributed by atoms with Gasteiger partial charge >= 0.3 is 0 Å². The third-order valence-electron chi connectivity index (χ3n) is 4.92. The number of hydrogen-bond donors (Lipinski definition) is 1. The smallest absolute Gasteiger partial charge is 0.243 e. The van der Waals surface area contributed by atoms with Crippen LogP contribution in [0, 0.1) is 5.92 Å². The van der Waals surface area contributed by atoms with Crippen LogP contribution < -0.4 is 5.32 Å². The predicted molar refractivity (Wildman–Crippen MR) is 113 cm³/mol. The first-order valence-corrected chi connectivity index (χ1v) is 11.3. The molecule has 0 aliphatic carbocycles. The Labute approximate surface area is 175 Å². The monoisotopic (exact) mass is 440 g/mol. The topological polar surface area (TPSA) is 66.5 Å². The van der Waals surface area contributed by atoms with Gasteiger partial charge in [-0.15, -0.1) is 0 Å². The van der Waals surface area contributed by atoms with Crippen molar-refractivity contribution in [2.75, 3.05) is 25.0 Å². The van der Waals surface area contributed by atoms with E-state index in [-0.39, 0.29) is 17.2 Å². The van der Waals surface area contributed by atoms with Crippen LogP contribution in [0.1, 0.15) is 30.1 Å². The second-order valence-corrected chi connectivity index (χ2v) is 9.79. The molecule has 1 fully saturated rings. The Hall–Kier alpha value is -1.60. The molecule has 0 spiro atoms. The van der Waals surface area contributed by atoms with E-state index in [1.165, 1.54) is 16.4 Å². The van der Waals surface area contributed by atoms with E-state index in [0.29, 0.717) is 40.3 Å². The summed E-state index contributed by atoms with van der Waals surface area (Å²) in [6, 6.07) is 11.0. The van der Waals surface area contributed by atoms with Crippen LogP contribution in [0.5, 0.6) is 0 Å². The fourth-order valence-electron chi connectivity index (χ4n) is 3.10. The summed E-state index contributed by atoms with van der Waals surface area (Å²) in [7, 11) is -3.52. The summed E-state index contributed by atoms with van der Waals surface area (Å²) in [4.78, 5) is 12.6. The lowest BCUT2D eigenvalue weighted by Crippen LogP contribution is -2.37. The number of halogens is 2. The molecule has 28 heavy (non-hydrogen) atoms. The fraction of sp³-hybridized carbons (Fsp3) is 0.350. The summed E-state index contributed by atoms with van der Waals surface area (Å²) >= 11 is 12.0. The van der Waals surface area contributed by atoms with Gasteiger partial charge in [0.05, 0.1) is 22.2 Å². The molecule has 0 amide bonds. The highest BCUT2D eigenvalue weighted by atomic mass is 35.5. The van der Waals surface area contributed by atoms with Crippen molar-refractivity contribution in [3.8, 4) is 0 Å². The summed E-state index contributed by atoms with van der Waals surface area (Å²) in [6.07, 6.45) is 1.74. The molecule has 1 saturated heterocycles. The van der Waals surface area contributed by atoms with Gasteiger partial charge in [0.25, 0.3) is 0 Å².